The van der Waals surface area contributed by atoms with E-state index in [9.17, 15) is 9.90 Å². The van der Waals surface area contributed by atoms with Crippen molar-refractivity contribution in [3.63, 3.8) is 0 Å². The number of ether oxygens (including phenoxy) is 1. The molecule has 92 valence electrons. The molecule has 0 saturated carbocycles. The molecule has 0 spiro atoms. The minimum Gasteiger partial charge on any atom is -0.433 e. The van der Waals surface area contributed by atoms with Gasteiger partial charge in [0.1, 0.15) is 6.10 Å². The first-order chi connectivity index (χ1) is 7.35. The van der Waals surface area contributed by atoms with Crippen LogP contribution in [0.5, 0.6) is 0 Å². The fourth-order valence-corrected chi connectivity index (χ4v) is 1.61. The highest BCUT2D eigenvalue weighted by molar-refractivity contribution is 5.77. The van der Waals surface area contributed by atoms with E-state index in [2.05, 4.69) is 0 Å². The van der Waals surface area contributed by atoms with E-state index in [1.54, 1.807) is 0 Å². The largest absolute Gasteiger partial charge is 0.433 e. The molecule has 0 radical (unpaired) electrons. The maximum Gasteiger partial charge on any atom is 0.314 e. The molecule has 3 atom stereocenters. The number of allylic oxidation sites excluding steroid dienone is 2. The molecule has 1 aliphatic rings. The highest BCUT2D eigenvalue weighted by Gasteiger charge is 2.37. The normalized spacial score (nSPS) is 29.2. The number of aliphatic hydroxyl groups excluding tert-OH is 2. The van der Waals surface area contributed by atoms with Crippen LogP contribution in [0.3, 0.4) is 0 Å². The van der Waals surface area contributed by atoms with Gasteiger partial charge in [0.2, 0.25) is 6.29 Å². The van der Waals surface area contributed by atoms with Crippen molar-refractivity contribution in [2.24, 2.45) is 5.41 Å². The second-order valence-electron chi connectivity index (χ2n) is 4.85. The maximum atomic E-state index is 11.8. The smallest absolute Gasteiger partial charge is 0.314 e. The molecule has 1 aliphatic carbocycles. The summed E-state index contributed by atoms with van der Waals surface area (Å²) < 4.78 is 4.83. The molecule has 16 heavy (non-hydrogen) atoms. The van der Waals surface area contributed by atoms with Crippen molar-refractivity contribution in [1.82, 2.24) is 0 Å². The highest BCUT2D eigenvalue weighted by Crippen LogP contribution is 2.36. The molecule has 0 fully saturated rings. The van der Waals surface area contributed by atoms with Gasteiger partial charge < -0.3 is 14.9 Å². The van der Waals surface area contributed by atoms with Crippen molar-refractivity contribution in [2.75, 3.05) is 0 Å². The fraction of sp³-hybridized carbons (Fsp3) is 0.750. The molecule has 0 bridgehead atoms. The van der Waals surface area contributed by atoms with Gasteiger partial charge in [-0.05, 0) is 40.0 Å². The van der Waals surface area contributed by atoms with Crippen LogP contribution in [0.15, 0.2) is 11.6 Å². The van der Waals surface area contributed by atoms with Gasteiger partial charge in [0.05, 0.1) is 5.41 Å². The lowest BCUT2D eigenvalue weighted by Gasteiger charge is -2.31. The van der Waals surface area contributed by atoms with E-state index in [1.807, 2.05) is 19.9 Å². The molecule has 0 aliphatic heterocycles. The summed E-state index contributed by atoms with van der Waals surface area (Å²) in [6.45, 7) is 5.24. The Labute approximate surface area is 95.9 Å². The standard InChI is InChI=1S/C12H20O4/c1-8-4-6-12(3,7-5-8)11(15)16-10(14)9(2)13/h4,9-10,13-14H,5-7H2,1-3H3. The summed E-state index contributed by atoms with van der Waals surface area (Å²) in [7, 11) is 0. The van der Waals surface area contributed by atoms with Crippen molar-refractivity contribution in [1.29, 1.82) is 0 Å². The van der Waals surface area contributed by atoms with Gasteiger partial charge >= 0.3 is 5.97 Å². The van der Waals surface area contributed by atoms with Gasteiger partial charge in [-0.25, -0.2) is 0 Å². The summed E-state index contributed by atoms with van der Waals surface area (Å²) in [6, 6.07) is 0. The Kier molecular flexibility index (Phi) is 4.10. The number of rotatable bonds is 3. The van der Waals surface area contributed by atoms with Gasteiger partial charge in [0.25, 0.3) is 0 Å². The van der Waals surface area contributed by atoms with E-state index in [-0.39, 0.29) is 0 Å². The molecule has 0 heterocycles. The molecule has 0 aromatic carbocycles. The van der Waals surface area contributed by atoms with Crippen LogP contribution in [0.2, 0.25) is 0 Å². The summed E-state index contributed by atoms with van der Waals surface area (Å²) in [6.07, 6.45) is 1.76. The minimum absolute atomic E-state index is 0.440. The molecule has 0 aromatic heterocycles. The van der Waals surface area contributed by atoms with Gasteiger partial charge in [-0.1, -0.05) is 11.6 Å². The van der Waals surface area contributed by atoms with E-state index in [4.69, 9.17) is 9.84 Å². The topological polar surface area (TPSA) is 66.8 Å². The van der Waals surface area contributed by atoms with Gasteiger partial charge in [0.15, 0.2) is 0 Å². The average Bonchev–Trinajstić information content (AvgIpc) is 2.22. The minimum atomic E-state index is -1.43. The molecule has 0 aromatic rings. The summed E-state index contributed by atoms with van der Waals surface area (Å²) in [5.41, 5.74) is 0.705. The van der Waals surface area contributed by atoms with Crippen LogP contribution in [0, 0.1) is 5.41 Å². The van der Waals surface area contributed by atoms with Gasteiger partial charge in [-0.3, -0.25) is 4.79 Å². The van der Waals surface area contributed by atoms with E-state index in [0.717, 1.165) is 12.8 Å². The van der Waals surface area contributed by atoms with Crippen LogP contribution >= 0.6 is 0 Å². The van der Waals surface area contributed by atoms with Crippen molar-refractivity contribution in [2.45, 2.75) is 52.4 Å². The number of carbonyl (C=O) groups is 1. The lowest BCUT2D eigenvalue weighted by molar-refractivity contribution is -0.195. The quantitative estimate of drug-likeness (QED) is 0.435. The third-order valence-electron chi connectivity index (χ3n) is 3.11. The maximum absolute atomic E-state index is 11.8. The van der Waals surface area contributed by atoms with Crippen molar-refractivity contribution >= 4 is 5.97 Å². The predicted molar refractivity (Wildman–Crippen MR) is 59.5 cm³/mol. The van der Waals surface area contributed by atoms with Gasteiger partial charge in [0, 0.05) is 0 Å². The third-order valence-corrected chi connectivity index (χ3v) is 3.11. The Morgan fingerprint density at radius 3 is 2.62 bits per heavy atom. The number of hydrogen-bond acceptors (Lipinski definition) is 4. The summed E-state index contributed by atoms with van der Waals surface area (Å²) in [5.74, 6) is -0.440. The first-order valence-corrected chi connectivity index (χ1v) is 5.58. The van der Waals surface area contributed by atoms with Crippen molar-refractivity contribution < 1.29 is 19.7 Å². The van der Waals surface area contributed by atoms with Crippen molar-refractivity contribution in [3.05, 3.63) is 11.6 Å². The van der Waals surface area contributed by atoms with Gasteiger partial charge in [-0.2, -0.15) is 0 Å². The first-order valence-electron chi connectivity index (χ1n) is 5.58. The molecule has 1 rings (SSSR count). The first kappa shape index (κ1) is 13.2. The Balaban J connectivity index is 2.60. The molecule has 3 unspecified atom stereocenters. The zero-order valence-electron chi connectivity index (χ0n) is 10.1. The Hall–Kier alpha value is -0.870. The summed E-state index contributed by atoms with van der Waals surface area (Å²) in [4.78, 5) is 11.8. The lowest BCUT2D eigenvalue weighted by atomic mass is 9.77. The van der Waals surface area contributed by atoms with Crippen LogP contribution in [-0.2, 0) is 9.53 Å². The molecule has 2 N–H and O–H groups in total. The lowest BCUT2D eigenvalue weighted by Crippen LogP contribution is -2.37. The second-order valence-corrected chi connectivity index (χ2v) is 4.85. The van der Waals surface area contributed by atoms with Crippen LogP contribution in [0.25, 0.3) is 0 Å². The number of carbonyl (C=O) groups excluding carboxylic acids is 1. The molecule has 0 saturated heterocycles. The highest BCUT2D eigenvalue weighted by atomic mass is 16.6. The van der Waals surface area contributed by atoms with E-state index in [0.29, 0.717) is 6.42 Å². The summed E-state index contributed by atoms with van der Waals surface area (Å²) in [5, 5.41) is 18.3. The molecule has 0 amide bonds. The van der Waals surface area contributed by atoms with Crippen LogP contribution in [0.1, 0.15) is 40.0 Å². The van der Waals surface area contributed by atoms with Gasteiger partial charge in [-0.15, -0.1) is 0 Å². The van der Waals surface area contributed by atoms with Crippen LogP contribution in [-0.4, -0.2) is 28.6 Å². The van der Waals surface area contributed by atoms with Crippen molar-refractivity contribution in [3.8, 4) is 0 Å². The molecule has 4 heteroatoms. The SMILES string of the molecule is CC1=CCC(C)(C(=O)OC(O)C(C)O)CC1. The zero-order chi connectivity index (χ0) is 12.3. The fourth-order valence-electron chi connectivity index (χ4n) is 1.61. The molecular weight excluding hydrogens is 208 g/mol. The number of aliphatic hydroxyl groups is 2. The number of hydrogen-bond donors (Lipinski definition) is 2. The Morgan fingerprint density at radius 1 is 1.56 bits per heavy atom. The zero-order valence-corrected chi connectivity index (χ0v) is 10.1. The molecule has 4 nitrogen and oxygen atoms in total. The summed E-state index contributed by atoms with van der Waals surface area (Å²) >= 11 is 0. The van der Waals surface area contributed by atoms with E-state index < -0.39 is 23.8 Å². The molecular formula is C12H20O4. The number of esters is 1. The third kappa shape index (κ3) is 3.06. The Bertz CT molecular complexity index is 295. The van der Waals surface area contributed by atoms with Crippen LogP contribution < -0.4 is 0 Å². The second kappa shape index (κ2) is 4.97. The predicted octanol–water partition coefficient (Wildman–Crippen LogP) is 1.37. The Morgan fingerprint density at radius 2 is 2.19 bits per heavy atom. The van der Waals surface area contributed by atoms with Crippen LogP contribution in [0.4, 0.5) is 0 Å². The van der Waals surface area contributed by atoms with E-state index >= 15 is 0 Å². The average molecular weight is 228 g/mol. The van der Waals surface area contributed by atoms with E-state index in [1.165, 1.54) is 12.5 Å². The monoisotopic (exact) mass is 228 g/mol.